The maximum atomic E-state index is 13.7. The first-order chi connectivity index (χ1) is 10.1. The highest BCUT2D eigenvalue weighted by molar-refractivity contribution is 5.33. The fourth-order valence-electron chi connectivity index (χ4n) is 2.03. The van der Waals surface area contributed by atoms with Gasteiger partial charge in [-0.05, 0) is 56.1 Å². The van der Waals surface area contributed by atoms with Gasteiger partial charge in [0.2, 0.25) is 5.88 Å². The van der Waals surface area contributed by atoms with Crippen LogP contribution in [0.25, 0.3) is 0 Å². The molecule has 0 radical (unpaired) electrons. The van der Waals surface area contributed by atoms with Crippen LogP contribution in [0.2, 0.25) is 0 Å². The summed E-state index contributed by atoms with van der Waals surface area (Å²) in [5, 5.41) is 3.40. The average Bonchev–Trinajstić information content (AvgIpc) is 2.49. The molecule has 1 heterocycles. The number of rotatable bonds is 6. The van der Waals surface area contributed by atoms with Crippen LogP contribution in [0, 0.1) is 12.7 Å². The first-order valence-corrected chi connectivity index (χ1v) is 7.23. The van der Waals surface area contributed by atoms with Crippen LogP contribution in [0.4, 0.5) is 4.39 Å². The van der Waals surface area contributed by atoms with E-state index in [0.717, 1.165) is 24.1 Å². The largest absolute Gasteiger partial charge is 0.436 e. The summed E-state index contributed by atoms with van der Waals surface area (Å²) in [5.41, 5.74) is 2.02. The van der Waals surface area contributed by atoms with Crippen molar-refractivity contribution in [3.05, 3.63) is 53.5 Å². The zero-order chi connectivity index (χ0) is 15.2. The molecule has 0 amide bonds. The van der Waals surface area contributed by atoms with Gasteiger partial charge in [-0.15, -0.1) is 0 Å². The van der Waals surface area contributed by atoms with Gasteiger partial charge in [-0.3, -0.25) is 0 Å². The lowest BCUT2D eigenvalue weighted by atomic mass is 10.1. The number of aryl methyl sites for hydroxylation is 1. The van der Waals surface area contributed by atoms with E-state index in [0.29, 0.717) is 5.88 Å². The van der Waals surface area contributed by atoms with E-state index >= 15 is 0 Å². The van der Waals surface area contributed by atoms with Crippen molar-refractivity contribution in [1.82, 2.24) is 10.3 Å². The van der Waals surface area contributed by atoms with Crippen LogP contribution in [0.15, 0.2) is 36.5 Å². The molecule has 0 aliphatic rings. The Morgan fingerprint density at radius 2 is 2.10 bits per heavy atom. The van der Waals surface area contributed by atoms with Gasteiger partial charge in [0.05, 0.1) is 0 Å². The van der Waals surface area contributed by atoms with Crippen LogP contribution >= 0.6 is 0 Å². The molecule has 0 saturated carbocycles. The number of halogens is 1. The van der Waals surface area contributed by atoms with Crippen molar-refractivity contribution in [3.8, 4) is 11.6 Å². The summed E-state index contributed by atoms with van der Waals surface area (Å²) in [6.45, 7) is 7.06. The Balaban J connectivity index is 2.15. The number of ether oxygens (including phenoxy) is 1. The second kappa shape index (κ2) is 7.18. The number of aromatic nitrogens is 1. The molecular formula is C17H21FN2O. The van der Waals surface area contributed by atoms with Gasteiger partial charge >= 0.3 is 0 Å². The van der Waals surface area contributed by atoms with Crippen molar-refractivity contribution < 1.29 is 9.13 Å². The molecule has 0 saturated heterocycles. The van der Waals surface area contributed by atoms with Gasteiger partial charge in [0.15, 0.2) is 11.6 Å². The number of hydrogen-bond acceptors (Lipinski definition) is 3. The van der Waals surface area contributed by atoms with Gasteiger partial charge in [-0.2, -0.15) is 0 Å². The molecular weight excluding hydrogens is 267 g/mol. The maximum Gasteiger partial charge on any atom is 0.219 e. The minimum Gasteiger partial charge on any atom is -0.436 e. The molecule has 1 aromatic carbocycles. The van der Waals surface area contributed by atoms with Crippen LogP contribution in [0.3, 0.4) is 0 Å². The number of benzene rings is 1. The minimum absolute atomic E-state index is 0.203. The summed E-state index contributed by atoms with van der Waals surface area (Å²) >= 11 is 0. The van der Waals surface area contributed by atoms with Crippen LogP contribution < -0.4 is 10.1 Å². The molecule has 1 aromatic heterocycles. The molecule has 21 heavy (non-hydrogen) atoms. The second-order valence-electron chi connectivity index (χ2n) is 5.14. The Hall–Kier alpha value is -1.94. The van der Waals surface area contributed by atoms with E-state index in [4.69, 9.17) is 4.74 Å². The molecule has 1 atom stereocenters. The number of nitrogens with one attached hydrogen (secondary N) is 1. The van der Waals surface area contributed by atoms with E-state index in [-0.39, 0.29) is 17.6 Å². The van der Waals surface area contributed by atoms with Crippen molar-refractivity contribution >= 4 is 0 Å². The predicted molar refractivity (Wildman–Crippen MR) is 82.2 cm³/mol. The molecule has 0 aliphatic heterocycles. The smallest absolute Gasteiger partial charge is 0.219 e. The third-order valence-electron chi connectivity index (χ3n) is 3.26. The molecule has 112 valence electrons. The van der Waals surface area contributed by atoms with Gasteiger partial charge < -0.3 is 10.1 Å². The Morgan fingerprint density at radius 3 is 2.86 bits per heavy atom. The molecule has 0 aliphatic carbocycles. The molecule has 3 nitrogen and oxygen atoms in total. The van der Waals surface area contributed by atoms with E-state index in [1.54, 1.807) is 18.3 Å². The number of nitrogens with zero attached hydrogens (tertiary/aromatic N) is 1. The molecule has 0 bridgehead atoms. The molecule has 1 unspecified atom stereocenters. The fourth-order valence-corrected chi connectivity index (χ4v) is 2.03. The highest BCUT2D eigenvalue weighted by atomic mass is 19.1. The summed E-state index contributed by atoms with van der Waals surface area (Å²) in [6.07, 6.45) is 2.76. The van der Waals surface area contributed by atoms with Crippen LogP contribution in [-0.4, -0.2) is 11.5 Å². The van der Waals surface area contributed by atoms with Gasteiger partial charge in [-0.25, -0.2) is 9.37 Å². The first-order valence-electron chi connectivity index (χ1n) is 7.23. The highest BCUT2D eigenvalue weighted by Gasteiger charge is 2.09. The average molecular weight is 288 g/mol. The van der Waals surface area contributed by atoms with Gasteiger partial charge in [0.1, 0.15) is 0 Å². The molecule has 4 heteroatoms. The second-order valence-corrected chi connectivity index (χ2v) is 5.14. The lowest BCUT2D eigenvalue weighted by Gasteiger charge is -2.14. The fraction of sp³-hybridized carbons (Fsp3) is 0.353. The van der Waals surface area contributed by atoms with E-state index in [9.17, 15) is 4.39 Å². The monoisotopic (exact) mass is 288 g/mol. The zero-order valence-corrected chi connectivity index (χ0v) is 12.7. The van der Waals surface area contributed by atoms with Crippen LogP contribution in [-0.2, 0) is 0 Å². The van der Waals surface area contributed by atoms with Gasteiger partial charge in [0, 0.05) is 18.3 Å². The van der Waals surface area contributed by atoms with Crippen molar-refractivity contribution in [2.45, 2.75) is 33.2 Å². The SMILES string of the molecule is CCCNC(C)c1ccnc(Oc2cc(C)ccc2F)c1. The van der Waals surface area contributed by atoms with Crippen LogP contribution in [0.1, 0.15) is 37.4 Å². The van der Waals surface area contributed by atoms with Crippen molar-refractivity contribution in [2.75, 3.05) is 6.54 Å². The lowest BCUT2D eigenvalue weighted by molar-refractivity contribution is 0.425. The molecule has 2 rings (SSSR count). The summed E-state index contributed by atoms with van der Waals surface area (Å²) in [5.74, 6) is 0.223. The number of pyridine rings is 1. The van der Waals surface area contributed by atoms with E-state index < -0.39 is 0 Å². The Labute approximate surface area is 125 Å². The Morgan fingerprint density at radius 1 is 1.29 bits per heavy atom. The topological polar surface area (TPSA) is 34.2 Å². The maximum absolute atomic E-state index is 13.7. The third-order valence-corrected chi connectivity index (χ3v) is 3.26. The standard InChI is InChI=1S/C17H21FN2O/c1-4-8-19-13(3)14-7-9-20-17(11-14)21-16-10-12(2)5-6-15(16)18/h5-7,9-11,13,19H,4,8H2,1-3H3. The molecule has 0 fully saturated rings. The first kappa shape index (κ1) is 15.4. The van der Waals surface area contributed by atoms with Crippen molar-refractivity contribution in [3.63, 3.8) is 0 Å². The zero-order valence-electron chi connectivity index (χ0n) is 12.7. The minimum atomic E-state index is -0.384. The summed E-state index contributed by atoms with van der Waals surface area (Å²) in [6, 6.07) is 8.77. The molecule has 1 N–H and O–H groups in total. The molecule has 2 aromatic rings. The van der Waals surface area contributed by atoms with E-state index in [1.807, 2.05) is 19.1 Å². The summed E-state index contributed by atoms with van der Waals surface area (Å²) in [7, 11) is 0. The predicted octanol–water partition coefficient (Wildman–Crippen LogP) is 4.38. The van der Waals surface area contributed by atoms with E-state index in [2.05, 4.69) is 24.1 Å². The van der Waals surface area contributed by atoms with Crippen molar-refractivity contribution in [2.24, 2.45) is 0 Å². The lowest BCUT2D eigenvalue weighted by Crippen LogP contribution is -2.19. The Kier molecular flexibility index (Phi) is 5.28. The summed E-state index contributed by atoms with van der Waals surface area (Å²) < 4.78 is 19.3. The van der Waals surface area contributed by atoms with Crippen molar-refractivity contribution in [1.29, 1.82) is 0 Å². The third kappa shape index (κ3) is 4.26. The van der Waals surface area contributed by atoms with Gasteiger partial charge in [0.25, 0.3) is 0 Å². The van der Waals surface area contributed by atoms with E-state index in [1.165, 1.54) is 6.07 Å². The highest BCUT2D eigenvalue weighted by Crippen LogP contribution is 2.25. The summed E-state index contributed by atoms with van der Waals surface area (Å²) in [4.78, 5) is 4.15. The number of hydrogen-bond donors (Lipinski definition) is 1. The Bertz CT molecular complexity index is 601. The molecule has 0 spiro atoms. The van der Waals surface area contributed by atoms with Gasteiger partial charge in [-0.1, -0.05) is 13.0 Å². The normalized spacial score (nSPS) is 12.2. The van der Waals surface area contributed by atoms with Crippen LogP contribution in [0.5, 0.6) is 11.6 Å². The quantitative estimate of drug-likeness (QED) is 0.856.